The van der Waals surface area contributed by atoms with Crippen LogP contribution in [0.4, 0.5) is 4.39 Å². The van der Waals surface area contributed by atoms with Crippen molar-refractivity contribution in [3.05, 3.63) is 53.4 Å². The Kier molecular flexibility index (Phi) is 5.81. The molecule has 2 aliphatic rings. The monoisotopic (exact) mass is 386 g/mol. The minimum atomic E-state index is -0.650. The van der Waals surface area contributed by atoms with Crippen LogP contribution in [0.2, 0.25) is 0 Å². The fourth-order valence-corrected chi connectivity index (χ4v) is 4.22. The highest BCUT2D eigenvalue weighted by Gasteiger charge is 2.34. The van der Waals surface area contributed by atoms with Gasteiger partial charge in [0.2, 0.25) is 0 Å². The van der Waals surface area contributed by atoms with Gasteiger partial charge in [-0.15, -0.1) is 0 Å². The molecule has 1 aromatic carbocycles. The van der Waals surface area contributed by atoms with E-state index in [1.165, 1.54) is 23.3 Å². The third kappa shape index (κ3) is 4.91. The maximum Gasteiger partial charge on any atom is 0.309 e. The first kappa shape index (κ1) is 20.8. The number of hydrogen-bond acceptors (Lipinski definition) is 3. The minimum absolute atomic E-state index is 0.0630. The summed E-state index contributed by atoms with van der Waals surface area (Å²) in [5, 5.41) is 9.88. The van der Waals surface area contributed by atoms with Crippen LogP contribution in [0, 0.1) is 16.6 Å². The molecule has 1 N–H and O–H groups in total. The second kappa shape index (κ2) is 7.82. The summed E-state index contributed by atoms with van der Waals surface area (Å²) >= 11 is 0. The van der Waals surface area contributed by atoms with E-state index in [9.17, 15) is 14.3 Å². The number of carbonyl (C=O) groups excluding carboxylic acids is 1. The van der Waals surface area contributed by atoms with Crippen molar-refractivity contribution in [2.75, 3.05) is 0 Å². The average molecular weight is 387 g/mol. The molecular formula is C24H31FO3. The molecule has 0 spiro atoms. The standard InChI is InChI=1S/C24H31FO3/c1-23(2)11-12-24(3,4)21(10-9-19-13-18(26)14-22(27)28-19)20(15-23)16-5-7-17(25)8-6-16/h5-10,18-19,26H,11-15H2,1-4H3. The van der Waals surface area contributed by atoms with Gasteiger partial charge in [0.1, 0.15) is 11.9 Å². The van der Waals surface area contributed by atoms with Crippen LogP contribution in [0.15, 0.2) is 42.0 Å². The van der Waals surface area contributed by atoms with Crippen molar-refractivity contribution in [1.82, 2.24) is 0 Å². The molecule has 0 radical (unpaired) electrons. The number of hydrogen-bond donors (Lipinski definition) is 1. The zero-order valence-electron chi connectivity index (χ0n) is 17.3. The highest BCUT2D eigenvalue weighted by Crippen LogP contribution is 2.49. The third-order valence-electron chi connectivity index (χ3n) is 6.00. The Morgan fingerprint density at radius 2 is 1.82 bits per heavy atom. The van der Waals surface area contributed by atoms with E-state index < -0.39 is 12.2 Å². The van der Waals surface area contributed by atoms with Crippen LogP contribution >= 0.6 is 0 Å². The van der Waals surface area contributed by atoms with Crippen LogP contribution in [0.1, 0.15) is 65.4 Å². The van der Waals surface area contributed by atoms with Gasteiger partial charge in [0, 0.05) is 6.42 Å². The van der Waals surface area contributed by atoms with E-state index in [4.69, 9.17) is 4.74 Å². The highest BCUT2D eigenvalue weighted by atomic mass is 19.1. The maximum atomic E-state index is 13.5. The second-order valence-electron chi connectivity index (χ2n) is 9.61. The lowest BCUT2D eigenvalue weighted by Gasteiger charge is -2.28. The van der Waals surface area contributed by atoms with E-state index in [1.54, 1.807) is 0 Å². The van der Waals surface area contributed by atoms with Crippen molar-refractivity contribution in [1.29, 1.82) is 0 Å². The molecule has 0 bridgehead atoms. The molecule has 1 fully saturated rings. The van der Waals surface area contributed by atoms with Crippen LogP contribution in [-0.4, -0.2) is 23.3 Å². The third-order valence-corrected chi connectivity index (χ3v) is 6.00. The van der Waals surface area contributed by atoms with Crippen molar-refractivity contribution >= 4 is 11.5 Å². The van der Waals surface area contributed by atoms with Gasteiger partial charge in [-0.25, -0.2) is 4.39 Å². The van der Waals surface area contributed by atoms with Gasteiger partial charge in [-0.1, -0.05) is 45.9 Å². The Morgan fingerprint density at radius 1 is 1.14 bits per heavy atom. The summed E-state index contributed by atoms with van der Waals surface area (Å²) in [5.41, 5.74) is 3.52. The first-order valence-electron chi connectivity index (χ1n) is 10.1. The summed E-state index contributed by atoms with van der Waals surface area (Å²) in [6, 6.07) is 6.71. The lowest BCUT2D eigenvalue weighted by molar-refractivity contribution is -0.156. The number of benzene rings is 1. The maximum absolute atomic E-state index is 13.5. The SMILES string of the molecule is CC1(C)CCC(C)(C)C(C=CC2CC(O)CC(=O)O2)=C(c2ccc(F)cc2)C1. The number of allylic oxidation sites excluding steroid dienone is 3. The summed E-state index contributed by atoms with van der Waals surface area (Å²) < 4.78 is 18.9. The van der Waals surface area contributed by atoms with Gasteiger partial charge in [-0.3, -0.25) is 4.79 Å². The number of esters is 1. The molecule has 1 aromatic rings. The van der Waals surface area contributed by atoms with E-state index in [1.807, 2.05) is 18.2 Å². The largest absolute Gasteiger partial charge is 0.458 e. The first-order chi connectivity index (χ1) is 13.1. The van der Waals surface area contributed by atoms with Crippen molar-refractivity contribution in [3.8, 4) is 0 Å². The summed E-state index contributed by atoms with van der Waals surface area (Å²) in [5.74, 6) is -0.598. The predicted octanol–water partition coefficient (Wildman–Crippen LogP) is 5.44. The highest BCUT2D eigenvalue weighted by molar-refractivity contribution is 5.73. The number of ether oxygens (including phenoxy) is 1. The molecule has 1 aliphatic heterocycles. The van der Waals surface area contributed by atoms with Crippen molar-refractivity contribution < 1.29 is 19.0 Å². The van der Waals surface area contributed by atoms with Crippen molar-refractivity contribution in [3.63, 3.8) is 0 Å². The molecule has 0 saturated carbocycles. The van der Waals surface area contributed by atoms with Gasteiger partial charge in [0.25, 0.3) is 0 Å². The quantitative estimate of drug-likeness (QED) is 0.704. The van der Waals surface area contributed by atoms with Crippen LogP contribution in [0.5, 0.6) is 0 Å². The molecular weight excluding hydrogens is 355 g/mol. The van der Waals surface area contributed by atoms with Crippen molar-refractivity contribution in [2.45, 2.75) is 72.0 Å². The smallest absolute Gasteiger partial charge is 0.309 e. The predicted molar refractivity (Wildman–Crippen MR) is 109 cm³/mol. The molecule has 1 heterocycles. The van der Waals surface area contributed by atoms with Crippen LogP contribution < -0.4 is 0 Å². The topological polar surface area (TPSA) is 46.5 Å². The molecule has 1 saturated heterocycles. The molecule has 0 aromatic heterocycles. The van der Waals surface area contributed by atoms with Gasteiger partial charge >= 0.3 is 5.97 Å². The van der Waals surface area contributed by atoms with Crippen LogP contribution in [0.3, 0.4) is 0 Å². The van der Waals surface area contributed by atoms with Gasteiger partial charge in [-0.2, -0.15) is 0 Å². The second-order valence-corrected chi connectivity index (χ2v) is 9.61. The van der Waals surface area contributed by atoms with Gasteiger partial charge in [0.05, 0.1) is 12.5 Å². The van der Waals surface area contributed by atoms with E-state index in [2.05, 4.69) is 33.8 Å². The Balaban J connectivity index is 2.04. The molecule has 3 nitrogen and oxygen atoms in total. The van der Waals surface area contributed by atoms with E-state index in [0.717, 1.165) is 24.8 Å². The van der Waals surface area contributed by atoms with Crippen molar-refractivity contribution in [2.24, 2.45) is 10.8 Å². The molecule has 1 aliphatic carbocycles. The van der Waals surface area contributed by atoms with E-state index in [0.29, 0.717) is 6.42 Å². The summed E-state index contributed by atoms with van der Waals surface area (Å²) in [6.07, 6.45) is 6.43. The Bertz CT molecular complexity index is 787. The Hall–Kier alpha value is -1.94. The summed E-state index contributed by atoms with van der Waals surface area (Å²) in [6.45, 7) is 9.02. The number of halogens is 1. The lowest BCUT2D eigenvalue weighted by Crippen LogP contribution is -2.31. The number of cyclic esters (lactones) is 1. The zero-order chi connectivity index (χ0) is 20.5. The average Bonchev–Trinajstić information content (AvgIpc) is 2.67. The fourth-order valence-electron chi connectivity index (χ4n) is 4.22. The Labute approximate surface area is 167 Å². The molecule has 4 heteroatoms. The fraction of sp³-hybridized carbons (Fsp3) is 0.542. The number of aliphatic hydroxyl groups is 1. The Morgan fingerprint density at radius 3 is 2.46 bits per heavy atom. The zero-order valence-corrected chi connectivity index (χ0v) is 17.3. The van der Waals surface area contributed by atoms with E-state index in [-0.39, 0.29) is 29.0 Å². The molecule has 2 atom stereocenters. The molecule has 152 valence electrons. The lowest BCUT2D eigenvalue weighted by atomic mass is 9.77. The number of rotatable bonds is 3. The van der Waals surface area contributed by atoms with Crippen LogP contribution in [0.25, 0.3) is 5.57 Å². The normalized spacial score (nSPS) is 27.6. The van der Waals surface area contributed by atoms with Gasteiger partial charge in [0.15, 0.2) is 0 Å². The molecule has 28 heavy (non-hydrogen) atoms. The van der Waals surface area contributed by atoms with Crippen LogP contribution in [-0.2, 0) is 9.53 Å². The first-order valence-corrected chi connectivity index (χ1v) is 10.1. The minimum Gasteiger partial charge on any atom is -0.458 e. The van der Waals surface area contributed by atoms with Gasteiger partial charge in [-0.05, 0) is 65.0 Å². The van der Waals surface area contributed by atoms with Gasteiger partial charge < -0.3 is 9.84 Å². The van der Waals surface area contributed by atoms with E-state index >= 15 is 0 Å². The number of aliphatic hydroxyl groups excluding tert-OH is 1. The number of carbonyl (C=O) groups is 1. The molecule has 3 rings (SSSR count). The molecule has 0 amide bonds. The molecule has 2 unspecified atom stereocenters. The summed E-state index contributed by atoms with van der Waals surface area (Å²) in [7, 11) is 0. The summed E-state index contributed by atoms with van der Waals surface area (Å²) in [4.78, 5) is 11.7.